The summed E-state index contributed by atoms with van der Waals surface area (Å²) in [5.41, 5.74) is -0.186. The number of carboxylic acids is 1. The lowest BCUT2D eigenvalue weighted by Crippen LogP contribution is -2.18. The molecule has 0 aliphatic heterocycles. The molecule has 6 nitrogen and oxygen atoms in total. The zero-order chi connectivity index (χ0) is 12.3. The molecule has 0 saturated heterocycles. The number of Topliss-reactive ketones (excluding diaryl/α,β-unsaturated/α-hetero) is 2. The Labute approximate surface area is 89.9 Å². The van der Waals surface area contributed by atoms with Crippen molar-refractivity contribution in [2.45, 2.75) is 12.8 Å². The van der Waals surface area contributed by atoms with E-state index in [0.717, 1.165) is 0 Å². The Kier molecular flexibility index (Phi) is 3.34. The zero-order valence-corrected chi connectivity index (χ0v) is 8.10. The maximum atomic E-state index is 11.2. The first-order valence-corrected chi connectivity index (χ1v) is 4.35. The van der Waals surface area contributed by atoms with Crippen LogP contribution in [0.15, 0.2) is 23.5 Å². The van der Waals surface area contributed by atoms with Gasteiger partial charge >= 0.3 is 5.97 Å². The number of allylic oxidation sites excluding steroid dienone is 2. The Morgan fingerprint density at radius 2 is 1.88 bits per heavy atom. The molecule has 1 aliphatic rings. The number of carbonyl (C=O) groups is 4. The molecule has 0 atom stereocenters. The fraction of sp³-hybridized carbons (Fsp3) is 0.200. The second-order valence-electron chi connectivity index (χ2n) is 3.16. The van der Waals surface area contributed by atoms with E-state index in [9.17, 15) is 24.3 Å². The van der Waals surface area contributed by atoms with Crippen molar-refractivity contribution in [2.24, 2.45) is 0 Å². The molecular formula is C10H8O6. The SMILES string of the molecule is O=C1CC=C(C(O)=CC(=O)C(=O)O)C(=O)C1. The molecule has 2 N–H and O–H groups in total. The molecule has 0 spiro atoms. The smallest absolute Gasteiger partial charge is 0.376 e. The lowest BCUT2D eigenvalue weighted by atomic mass is 9.95. The fourth-order valence-corrected chi connectivity index (χ4v) is 1.19. The number of aliphatic carboxylic acids is 1. The molecular weight excluding hydrogens is 216 g/mol. The highest BCUT2D eigenvalue weighted by Crippen LogP contribution is 2.17. The summed E-state index contributed by atoms with van der Waals surface area (Å²) in [6.07, 6.45) is 1.27. The molecule has 0 fully saturated rings. The van der Waals surface area contributed by atoms with Crippen molar-refractivity contribution in [3.05, 3.63) is 23.5 Å². The fourth-order valence-electron chi connectivity index (χ4n) is 1.19. The minimum absolute atomic E-state index is 0.0137. The van der Waals surface area contributed by atoms with Gasteiger partial charge in [-0.3, -0.25) is 14.4 Å². The van der Waals surface area contributed by atoms with Crippen LogP contribution in [0, 0.1) is 0 Å². The van der Waals surface area contributed by atoms with Crippen LogP contribution in [0.25, 0.3) is 0 Å². The van der Waals surface area contributed by atoms with Crippen molar-refractivity contribution < 1.29 is 29.4 Å². The van der Waals surface area contributed by atoms with Gasteiger partial charge in [0.2, 0.25) is 0 Å². The molecule has 0 saturated carbocycles. The van der Waals surface area contributed by atoms with Gasteiger partial charge in [0.1, 0.15) is 11.5 Å². The first-order chi connectivity index (χ1) is 7.41. The Morgan fingerprint density at radius 3 is 2.38 bits per heavy atom. The van der Waals surface area contributed by atoms with Crippen molar-refractivity contribution >= 4 is 23.3 Å². The van der Waals surface area contributed by atoms with E-state index in [2.05, 4.69) is 0 Å². The number of aliphatic hydroxyl groups is 1. The van der Waals surface area contributed by atoms with Crippen LogP contribution in [0.5, 0.6) is 0 Å². The van der Waals surface area contributed by atoms with Crippen molar-refractivity contribution in [3.8, 4) is 0 Å². The summed E-state index contributed by atoms with van der Waals surface area (Å²) in [6, 6.07) is 0. The van der Waals surface area contributed by atoms with Gasteiger partial charge in [0.15, 0.2) is 5.78 Å². The van der Waals surface area contributed by atoms with Gasteiger partial charge in [0, 0.05) is 12.5 Å². The molecule has 0 aromatic rings. The van der Waals surface area contributed by atoms with Gasteiger partial charge in [-0.15, -0.1) is 0 Å². The quantitative estimate of drug-likeness (QED) is 0.301. The number of rotatable bonds is 3. The second-order valence-corrected chi connectivity index (χ2v) is 3.16. The minimum Gasteiger partial charge on any atom is -0.507 e. The minimum atomic E-state index is -1.73. The highest BCUT2D eigenvalue weighted by atomic mass is 16.4. The number of ketones is 3. The lowest BCUT2D eigenvalue weighted by molar-refractivity contribution is -0.146. The number of carbonyl (C=O) groups excluding carboxylic acids is 3. The Bertz CT molecular complexity index is 440. The highest BCUT2D eigenvalue weighted by Gasteiger charge is 2.23. The Morgan fingerprint density at radius 1 is 1.25 bits per heavy atom. The van der Waals surface area contributed by atoms with Crippen LogP contribution < -0.4 is 0 Å². The summed E-state index contributed by atoms with van der Waals surface area (Å²) in [4.78, 5) is 43.0. The van der Waals surface area contributed by atoms with Crippen LogP contribution >= 0.6 is 0 Å². The van der Waals surface area contributed by atoms with E-state index >= 15 is 0 Å². The third-order valence-corrected chi connectivity index (χ3v) is 1.95. The predicted octanol–water partition coefficient (Wildman–Crippen LogP) is -0.0596. The summed E-state index contributed by atoms with van der Waals surface area (Å²) < 4.78 is 0. The number of aliphatic hydroxyl groups excluding tert-OH is 1. The molecule has 0 aromatic carbocycles. The molecule has 0 aromatic heterocycles. The summed E-state index contributed by atoms with van der Waals surface area (Å²) in [6.45, 7) is 0. The maximum Gasteiger partial charge on any atom is 0.376 e. The van der Waals surface area contributed by atoms with Crippen LogP contribution in [0.1, 0.15) is 12.8 Å². The van der Waals surface area contributed by atoms with Crippen LogP contribution in [0.2, 0.25) is 0 Å². The Hall–Kier alpha value is -2.24. The third kappa shape index (κ3) is 2.63. The number of hydrogen-bond donors (Lipinski definition) is 2. The average Bonchev–Trinajstić information content (AvgIpc) is 2.16. The standard InChI is InChI=1S/C10H8O6/c11-5-1-2-6(7(12)3-5)8(13)4-9(14)10(15)16/h2,4,13H,1,3H2,(H,15,16). The van der Waals surface area contributed by atoms with E-state index in [1.54, 1.807) is 0 Å². The van der Waals surface area contributed by atoms with Crippen LogP contribution in [-0.2, 0) is 19.2 Å². The lowest BCUT2D eigenvalue weighted by Gasteiger charge is -2.09. The van der Waals surface area contributed by atoms with E-state index in [-0.39, 0.29) is 24.2 Å². The van der Waals surface area contributed by atoms with Gasteiger partial charge in [-0.1, -0.05) is 6.08 Å². The van der Waals surface area contributed by atoms with Crippen LogP contribution in [0.3, 0.4) is 0 Å². The molecule has 0 bridgehead atoms. The highest BCUT2D eigenvalue weighted by molar-refractivity contribution is 6.37. The van der Waals surface area contributed by atoms with Gasteiger partial charge in [-0.05, 0) is 0 Å². The molecule has 0 heterocycles. The predicted molar refractivity (Wildman–Crippen MR) is 50.7 cm³/mol. The van der Waals surface area contributed by atoms with Crippen LogP contribution in [-0.4, -0.2) is 33.5 Å². The van der Waals surface area contributed by atoms with Crippen molar-refractivity contribution in [1.82, 2.24) is 0 Å². The molecule has 16 heavy (non-hydrogen) atoms. The van der Waals surface area contributed by atoms with E-state index in [1.165, 1.54) is 6.08 Å². The monoisotopic (exact) mass is 224 g/mol. The summed E-state index contributed by atoms with van der Waals surface area (Å²) in [5.74, 6) is -4.69. The second kappa shape index (κ2) is 4.52. The number of hydrogen-bond acceptors (Lipinski definition) is 5. The van der Waals surface area contributed by atoms with Crippen molar-refractivity contribution in [3.63, 3.8) is 0 Å². The van der Waals surface area contributed by atoms with Gasteiger partial charge < -0.3 is 10.2 Å². The van der Waals surface area contributed by atoms with Crippen LogP contribution in [0.4, 0.5) is 0 Å². The van der Waals surface area contributed by atoms with Gasteiger partial charge in [-0.25, -0.2) is 4.79 Å². The molecule has 0 unspecified atom stereocenters. The van der Waals surface area contributed by atoms with Crippen molar-refractivity contribution in [2.75, 3.05) is 0 Å². The molecule has 1 rings (SSSR count). The third-order valence-electron chi connectivity index (χ3n) is 1.95. The summed E-state index contributed by atoms with van der Waals surface area (Å²) >= 11 is 0. The molecule has 0 amide bonds. The largest absolute Gasteiger partial charge is 0.507 e. The maximum absolute atomic E-state index is 11.2. The van der Waals surface area contributed by atoms with E-state index in [1.807, 2.05) is 0 Å². The molecule has 0 radical (unpaired) electrons. The average molecular weight is 224 g/mol. The van der Waals surface area contributed by atoms with E-state index in [4.69, 9.17) is 5.11 Å². The topological polar surface area (TPSA) is 109 Å². The van der Waals surface area contributed by atoms with Gasteiger partial charge in [-0.2, -0.15) is 0 Å². The normalized spacial score (nSPS) is 17.0. The summed E-state index contributed by atoms with van der Waals surface area (Å²) in [7, 11) is 0. The van der Waals surface area contributed by atoms with E-state index < -0.39 is 23.3 Å². The first-order valence-electron chi connectivity index (χ1n) is 4.35. The Balaban J connectivity index is 2.94. The zero-order valence-electron chi connectivity index (χ0n) is 8.10. The number of carboxylic acid groups (broad SMARTS) is 1. The molecule has 84 valence electrons. The van der Waals surface area contributed by atoms with Crippen molar-refractivity contribution in [1.29, 1.82) is 0 Å². The molecule has 1 aliphatic carbocycles. The van der Waals surface area contributed by atoms with Gasteiger partial charge in [0.25, 0.3) is 5.78 Å². The first kappa shape index (κ1) is 11.8. The van der Waals surface area contributed by atoms with E-state index in [0.29, 0.717) is 6.08 Å². The summed E-state index contributed by atoms with van der Waals surface area (Å²) in [5, 5.41) is 17.6. The molecule has 6 heteroatoms. The van der Waals surface area contributed by atoms with Gasteiger partial charge in [0.05, 0.1) is 12.0 Å².